The zero-order valence-electron chi connectivity index (χ0n) is 17.4. The first-order valence-electron chi connectivity index (χ1n) is 10.7. The van der Waals surface area contributed by atoms with E-state index in [1.54, 1.807) is 12.1 Å². The maximum atomic E-state index is 12.7. The zero-order chi connectivity index (χ0) is 22.1. The van der Waals surface area contributed by atoms with E-state index in [0.29, 0.717) is 10.9 Å². The summed E-state index contributed by atoms with van der Waals surface area (Å²) >= 11 is 3.38. The van der Waals surface area contributed by atoms with Crippen molar-refractivity contribution in [2.75, 3.05) is 5.32 Å². The Morgan fingerprint density at radius 2 is 1.94 bits per heavy atom. The van der Waals surface area contributed by atoms with E-state index < -0.39 is 0 Å². The van der Waals surface area contributed by atoms with Crippen molar-refractivity contribution in [3.63, 3.8) is 0 Å². The molecule has 7 nitrogen and oxygen atoms in total. The van der Waals surface area contributed by atoms with Crippen LogP contribution in [0.4, 0.5) is 5.69 Å². The van der Waals surface area contributed by atoms with Crippen LogP contribution in [0.15, 0.2) is 64.3 Å². The van der Waals surface area contributed by atoms with Crippen molar-refractivity contribution in [1.29, 1.82) is 0 Å². The molecule has 0 radical (unpaired) electrons. The van der Waals surface area contributed by atoms with Gasteiger partial charge in [-0.25, -0.2) is 9.97 Å². The van der Waals surface area contributed by atoms with Crippen LogP contribution in [-0.2, 0) is 24.3 Å². The molecule has 1 aliphatic rings. The SMILES string of the molecule is O=C(CCn1cnc2ccc(Br)cc2c1=O)Nc1ccc(-c2ncc3n2CCCC3)cc1. The molecule has 1 aliphatic heterocycles. The Morgan fingerprint density at radius 1 is 1.09 bits per heavy atom. The molecule has 0 saturated carbocycles. The summed E-state index contributed by atoms with van der Waals surface area (Å²) in [6.07, 6.45) is 7.11. The van der Waals surface area contributed by atoms with E-state index >= 15 is 0 Å². The number of aryl methyl sites for hydroxylation is 2. The summed E-state index contributed by atoms with van der Waals surface area (Å²) in [5, 5.41) is 3.43. The molecule has 3 heterocycles. The molecular formula is C24H22BrN5O2. The summed E-state index contributed by atoms with van der Waals surface area (Å²) < 4.78 is 4.57. The Labute approximate surface area is 193 Å². The molecule has 0 unspecified atom stereocenters. The molecule has 0 bridgehead atoms. The lowest BCUT2D eigenvalue weighted by Crippen LogP contribution is -2.23. The monoisotopic (exact) mass is 491 g/mol. The number of nitrogens with zero attached hydrogens (tertiary/aromatic N) is 4. The zero-order valence-corrected chi connectivity index (χ0v) is 19.0. The molecule has 4 aromatic rings. The number of aromatic nitrogens is 4. The quantitative estimate of drug-likeness (QED) is 0.448. The van der Waals surface area contributed by atoms with Gasteiger partial charge in [0, 0.05) is 47.1 Å². The molecule has 162 valence electrons. The third-order valence-corrected chi connectivity index (χ3v) is 6.29. The van der Waals surface area contributed by atoms with Crippen molar-refractivity contribution < 1.29 is 4.79 Å². The third kappa shape index (κ3) is 4.10. The van der Waals surface area contributed by atoms with Crippen LogP contribution in [0.25, 0.3) is 22.3 Å². The van der Waals surface area contributed by atoms with E-state index in [0.717, 1.165) is 34.5 Å². The van der Waals surface area contributed by atoms with Gasteiger partial charge in [0.05, 0.1) is 17.2 Å². The minimum absolute atomic E-state index is 0.155. The van der Waals surface area contributed by atoms with Gasteiger partial charge in [0.1, 0.15) is 5.82 Å². The molecule has 8 heteroatoms. The number of rotatable bonds is 5. The first kappa shape index (κ1) is 20.6. The van der Waals surface area contributed by atoms with Gasteiger partial charge >= 0.3 is 0 Å². The van der Waals surface area contributed by atoms with Crippen molar-refractivity contribution in [1.82, 2.24) is 19.1 Å². The summed E-state index contributed by atoms with van der Waals surface area (Å²) in [6.45, 7) is 1.27. The minimum Gasteiger partial charge on any atom is -0.328 e. The van der Waals surface area contributed by atoms with Crippen molar-refractivity contribution in [2.45, 2.75) is 38.8 Å². The van der Waals surface area contributed by atoms with Gasteiger partial charge in [0.25, 0.3) is 5.56 Å². The fraction of sp³-hybridized carbons (Fsp3) is 0.250. The molecule has 32 heavy (non-hydrogen) atoms. The Hall–Kier alpha value is -3.26. The van der Waals surface area contributed by atoms with Gasteiger partial charge in [-0.15, -0.1) is 0 Å². The number of carbonyl (C=O) groups is 1. The number of amides is 1. The Bertz CT molecular complexity index is 1360. The number of hydrogen-bond donors (Lipinski definition) is 1. The number of benzene rings is 2. The lowest BCUT2D eigenvalue weighted by Gasteiger charge is -2.16. The van der Waals surface area contributed by atoms with Crippen LogP contribution < -0.4 is 10.9 Å². The molecule has 1 amide bonds. The normalized spacial score (nSPS) is 13.2. The highest BCUT2D eigenvalue weighted by atomic mass is 79.9. The van der Waals surface area contributed by atoms with E-state index in [1.807, 2.05) is 36.5 Å². The number of anilines is 1. The second kappa shape index (κ2) is 8.70. The number of fused-ring (bicyclic) bond motifs is 2. The summed E-state index contributed by atoms with van der Waals surface area (Å²) in [4.78, 5) is 34.0. The average molecular weight is 492 g/mol. The second-order valence-electron chi connectivity index (χ2n) is 7.96. The maximum Gasteiger partial charge on any atom is 0.261 e. The number of imidazole rings is 1. The second-order valence-corrected chi connectivity index (χ2v) is 8.88. The van der Waals surface area contributed by atoms with E-state index in [-0.39, 0.29) is 24.4 Å². The molecule has 2 aromatic heterocycles. The van der Waals surface area contributed by atoms with Gasteiger partial charge < -0.3 is 9.88 Å². The van der Waals surface area contributed by atoms with Gasteiger partial charge in [-0.2, -0.15) is 0 Å². The van der Waals surface area contributed by atoms with Gasteiger partial charge in [-0.3, -0.25) is 14.2 Å². The summed E-state index contributed by atoms with van der Waals surface area (Å²) in [6, 6.07) is 13.1. The van der Waals surface area contributed by atoms with E-state index in [9.17, 15) is 9.59 Å². The van der Waals surface area contributed by atoms with Crippen molar-refractivity contribution >= 4 is 38.4 Å². The fourth-order valence-corrected chi connectivity index (χ4v) is 4.47. The van der Waals surface area contributed by atoms with Crippen LogP contribution in [0.2, 0.25) is 0 Å². The molecule has 0 spiro atoms. The van der Waals surface area contributed by atoms with E-state index in [4.69, 9.17) is 0 Å². The topological polar surface area (TPSA) is 81.8 Å². The standard InChI is InChI=1S/C24H22BrN5O2/c25-17-6-9-21-20(13-17)24(32)29(15-27-21)12-10-22(31)28-18-7-4-16(5-8-18)23-26-14-19-3-1-2-11-30(19)23/h4-9,13-15H,1-3,10-12H2,(H,28,31). The Morgan fingerprint density at radius 3 is 2.78 bits per heavy atom. The smallest absolute Gasteiger partial charge is 0.261 e. The molecule has 1 N–H and O–H groups in total. The molecule has 0 aliphatic carbocycles. The Kier molecular flexibility index (Phi) is 5.61. The molecule has 2 aromatic carbocycles. The fourth-order valence-electron chi connectivity index (χ4n) is 4.11. The predicted octanol–water partition coefficient (Wildman–Crippen LogP) is 4.39. The largest absolute Gasteiger partial charge is 0.328 e. The summed E-state index contributed by atoms with van der Waals surface area (Å²) in [5.74, 6) is 0.824. The minimum atomic E-state index is -0.156. The van der Waals surface area contributed by atoms with Crippen LogP contribution in [0, 0.1) is 0 Å². The molecule has 5 rings (SSSR count). The first-order chi connectivity index (χ1) is 15.6. The van der Waals surface area contributed by atoms with Gasteiger partial charge in [-0.05, 0) is 61.7 Å². The van der Waals surface area contributed by atoms with E-state index in [2.05, 4.69) is 35.8 Å². The average Bonchev–Trinajstić information content (AvgIpc) is 3.24. The lowest BCUT2D eigenvalue weighted by atomic mass is 10.1. The number of carbonyl (C=O) groups excluding carboxylic acids is 1. The maximum absolute atomic E-state index is 12.7. The van der Waals surface area contributed by atoms with Gasteiger partial charge in [0.2, 0.25) is 5.91 Å². The molecular weight excluding hydrogens is 470 g/mol. The summed E-state index contributed by atoms with van der Waals surface area (Å²) in [7, 11) is 0. The highest BCUT2D eigenvalue weighted by molar-refractivity contribution is 9.10. The van der Waals surface area contributed by atoms with Crippen molar-refractivity contribution in [2.24, 2.45) is 0 Å². The number of nitrogens with one attached hydrogen (secondary N) is 1. The molecule has 0 fully saturated rings. The van der Waals surface area contributed by atoms with Crippen LogP contribution in [0.3, 0.4) is 0 Å². The lowest BCUT2D eigenvalue weighted by molar-refractivity contribution is -0.116. The van der Waals surface area contributed by atoms with Crippen molar-refractivity contribution in [3.05, 3.63) is 75.5 Å². The highest BCUT2D eigenvalue weighted by Gasteiger charge is 2.15. The first-order valence-corrected chi connectivity index (χ1v) is 11.5. The van der Waals surface area contributed by atoms with Crippen LogP contribution in [0.5, 0.6) is 0 Å². The number of hydrogen-bond acceptors (Lipinski definition) is 4. The van der Waals surface area contributed by atoms with Crippen LogP contribution in [-0.4, -0.2) is 25.0 Å². The van der Waals surface area contributed by atoms with Crippen LogP contribution in [0.1, 0.15) is 25.0 Å². The van der Waals surface area contributed by atoms with Crippen LogP contribution >= 0.6 is 15.9 Å². The van der Waals surface area contributed by atoms with Crippen molar-refractivity contribution in [3.8, 4) is 11.4 Å². The predicted molar refractivity (Wildman–Crippen MR) is 128 cm³/mol. The third-order valence-electron chi connectivity index (χ3n) is 5.80. The molecule has 0 atom stereocenters. The highest BCUT2D eigenvalue weighted by Crippen LogP contribution is 2.25. The Balaban J connectivity index is 1.24. The molecule has 0 saturated heterocycles. The van der Waals surface area contributed by atoms with Gasteiger partial charge in [-0.1, -0.05) is 15.9 Å². The van der Waals surface area contributed by atoms with Gasteiger partial charge in [0.15, 0.2) is 0 Å². The number of halogens is 1. The summed E-state index contributed by atoms with van der Waals surface area (Å²) in [5.41, 5.74) is 3.52. The van der Waals surface area contributed by atoms with E-state index in [1.165, 1.54) is 29.4 Å².